The lowest BCUT2D eigenvalue weighted by atomic mass is 9.88. The summed E-state index contributed by atoms with van der Waals surface area (Å²) in [4.78, 5) is 0. The van der Waals surface area contributed by atoms with Gasteiger partial charge in [0.05, 0.1) is 68.3 Å². The molecule has 0 amide bonds. The number of hydrogen-bond acceptors (Lipinski definition) is 7. The Hall–Kier alpha value is -4.66. The fraction of sp³-hybridized carbons (Fsp3) is 0.395. The summed E-state index contributed by atoms with van der Waals surface area (Å²) >= 11 is 0. The second-order valence-corrected chi connectivity index (χ2v) is 13.1. The topological polar surface area (TPSA) is 93.7 Å². The van der Waals surface area contributed by atoms with Crippen LogP contribution in [0.4, 0.5) is 0 Å². The quantitative estimate of drug-likeness (QED) is 0.0768. The van der Waals surface area contributed by atoms with Crippen molar-refractivity contribution in [1.82, 2.24) is 0 Å². The molecule has 0 N–H and O–H groups in total. The van der Waals surface area contributed by atoms with Gasteiger partial charge in [0, 0.05) is 13.2 Å². The Kier molecular flexibility index (Phi) is 14.7. The van der Waals surface area contributed by atoms with Crippen LogP contribution in [0.1, 0.15) is 62.5 Å². The Morgan fingerprint density at radius 1 is 0.460 bits per heavy atom. The number of ether oxygens (including phenoxy) is 5. The van der Waals surface area contributed by atoms with Gasteiger partial charge in [0.15, 0.2) is 0 Å². The fourth-order valence-corrected chi connectivity index (χ4v) is 5.84. The molecular formula is C43H48N2O5. The van der Waals surface area contributed by atoms with Gasteiger partial charge in [0.25, 0.3) is 0 Å². The highest BCUT2D eigenvalue weighted by molar-refractivity contribution is 5.65. The number of unbranched alkanes of at least 4 members (excludes halogenated alkanes) is 6. The molecule has 5 rings (SSSR count). The van der Waals surface area contributed by atoms with Gasteiger partial charge in [0.1, 0.15) is 11.5 Å². The van der Waals surface area contributed by atoms with E-state index in [9.17, 15) is 0 Å². The fourth-order valence-electron chi connectivity index (χ4n) is 5.84. The average Bonchev–Trinajstić information content (AvgIpc) is 3.15. The van der Waals surface area contributed by atoms with Crippen LogP contribution in [0.3, 0.4) is 0 Å². The first-order chi connectivity index (χ1) is 24.7. The predicted octanol–water partition coefficient (Wildman–Crippen LogP) is 9.39. The first-order valence-corrected chi connectivity index (χ1v) is 17.9. The van der Waals surface area contributed by atoms with E-state index in [4.69, 9.17) is 34.2 Å². The minimum Gasteiger partial charge on any atom is -0.494 e. The lowest BCUT2D eigenvalue weighted by Gasteiger charge is -2.40. The molecule has 0 atom stereocenters. The Balaban J connectivity index is 0.826. The summed E-state index contributed by atoms with van der Waals surface area (Å²) in [6.45, 7) is 5.74. The highest BCUT2D eigenvalue weighted by Gasteiger charge is 2.39. The van der Waals surface area contributed by atoms with Crippen molar-refractivity contribution >= 4 is 0 Å². The molecule has 0 radical (unpaired) electrons. The van der Waals surface area contributed by atoms with Crippen LogP contribution in [0.25, 0.3) is 22.3 Å². The molecule has 0 unspecified atom stereocenters. The van der Waals surface area contributed by atoms with E-state index in [-0.39, 0.29) is 5.41 Å². The normalized spacial score (nSPS) is 13.2. The molecule has 7 nitrogen and oxygen atoms in total. The molecule has 50 heavy (non-hydrogen) atoms. The van der Waals surface area contributed by atoms with E-state index in [2.05, 4.69) is 36.4 Å². The van der Waals surface area contributed by atoms with Gasteiger partial charge in [-0.05, 0) is 103 Å². The van der Waals surface area contributed by atoms with Crippen molar-refractivity contribution in [3.05, 3.63) is 108 Å². The maximum atomic E-state index is 8.97. The van der Waals surface area contributed by atoms with E-state index >= 15 is 0 Å². The highest BCUT2D eigenvalue weighted by atomic mass is 16.5. The molecule has 260 valence electrons. The first-order valence-electron chi connectivity index (χ1n) is 17.9. The van der Waals surface area contributed by atoms with Gasteiger partial charge in [-0.25, -0.2) is 0 Å². The van der Waals surface area contributed by atoms with Crippen molar-refractivity contribution in [3.8, 4) is 45.9 Å². The minimum absolute atomic E-state index is 0.00456. The molecule has 0 aliphatic carbocycles. The van der Waals surface area contributed by atoms with Gasteiger partial charge in [-0.2, -0.15) is 10.5 Å². The first kappa shape index (κ1) is 36.6. The Bertz CT molecular complexity index is 1640. The van der Waals surface area contributed by atoms with Crippen molar-refractivity contribution in [2.75, 3.05) is 52.9 Å². The molecule has 1 fully saturated rings. The van der Waals surface area contributed by atoms with Crippen LogP contribution in [0.5, 0.6) is 11.5 Å². The molecule has 1 aliphatic heterocycles. The number of rotatable bonds is 22. The van der Waals surface area contributed by atoms with Crippen molar-refractivity contribution in [3.63, 3.8) is 0 Å². The number of nitrogens with zero attached hydrogens (tertiary/aromatic N) is 2. The third kappa shape index (κ3) is 11.7. The standard InChI is InChI=1S/C43H48N2O5/c44-29-35-9-13-37(14-10-35)39-17-21-41(22-18-39)49-27-7-3-1-2-5-25-46-31-43(33-48-34-43)32-47-26-6-4-8-28-50-42-23-19-40(20-24-42)38-15-11-36(30-45)12-16-38/h9-24H,1-8,25-28,31-34H2. The van der Waals surface area contributed by atoms with E-state index in [0.29, 0.717) is 44.2 Å². The minimum atomic E-state index is 0.00456. The van der Waals surface area contributed by atoms with Crippen LogP contribution in [0.2, 0.25) is 0 Å². The molecule has 0 bridgehead atoms. The second-order valence-electron chi connectivity index (χ2n) is 13.1. The summed E-state index contributed by atoms with van der Waals surface area (Å²) in [5.41, 5.74) is 5.74. The Labute approximate surface area is 297 Å². The van der Waals surface area contributed by atoms with Crippen LogP contribution in [0, 0.1) is 28.1 Å². The molecule has 0 spiro atoms. The van der Waals surface area contributed by atoms with Gasteiger partial charge in [-0.3, -0.25) is 0 Å². The summed E-state index contributed by atoms with van der Waals surface area (Å²) < 4.78 is 29.5. The largest absolute Gasteiger partial charge is 0.494 e. The summed E-state index contributed by atoms with van der Waals surface area (Å²) in [5.74, 6) is 1.76. The molecular weight excluding hydrogens is 624 g/mol. The van der Waals surface area contributed by atoms with Gasteiger partial charge < -0.3 is 23.7 Å². The molecule has 0 saturated carbocycles. The number of nitriles is 2. The van der Waals surface area contributed by atoms with Gasteiger partial charge in [-0.1, -0.05) is 67.8 Å². The van der Waals surface area contributed by atoms with Gasteiger partial charge >= 0.3 is 0 Å². The molecule has 7 heteroatoms. The molecule has 1 aliphatic rings. The lowest BCUT2D eigenvalue weighted by molar-refractivity contribution is -0.178. The van der Waals surface area contributed by atoms with Gasteiger partial charge in [0.2, 0.25) is 0 Å². The second kappa shape index (κ2) is 20.1. The zero-order valence-corrected chi connectivity index (χ0v) is 29.0. The Morgan fingerprint density at radius 2 is 0.800 bits per heavy atom. The highest BCUT2D eigenvalue weighted by Crippen LogP contribution is 2.29. The molecule has 1 heterocycles. The van der Waals surface area contributed by atoms with Gasteiger partial charge in [-0.15, -0.1) is 0 Å². The van der Waals surface area contributed by atoms with E-state index in [1.165, 1.54) is 6.42 Å². The van der Waals surface area contributed by atoms with E-state index in [1.54, 1.807) is 0 Å². The van der Waals surface area contributed by atoms with Crippen LogP contribution in [-0.4, -0.2) is 52.9 Å². The lowest BCUT2D eigenvalue weighted by Crippen LogP contribution is -2.49. The zero-order valence-electron chi connectivity index (χ0n) is 29.0. The van der Waals surface area contributed by atoms with E-state index < -0.39 is 0 Å². The third-order valence-electron chi connectivity index (χ3n) is 8.94. The number of hydrogen-bond donors (Lipinski definition) is 0. The Morgan fingerprint density at radius 3 is 1.16 bits per heavy atom. The predicted molar refractivity (Wildman–Crippen MR) is 196 cm³/mol. The SMILES string of the molecule is N#Cc1ccc(-c2ccc(OCCCCCCCOCC3(COCCCCCOc4ccc(-c5ccc(C#N)cc5)cc4)COC3)cc2)cc1. The van der Waals surface area contributed by atoms with E-state index in [1.807, 2.05) is 72.8 Å². The van der Waals surface area contributed by atoms with Crippen molar-refractivity contribution < 1.29 is 23.7 Å². The van der Waals surface area contributed by atoms with Crippen LogP contribution < -0.4 is 9.47 Å². The summed E-state index contributed by atoms with van der Waals surface area (Å²) in [6.07, 6.45) is 8.65. The smallest absolute Gasteiger partial charge is 0.119 e. The average molecular weight is 673 g/mol. The van der Waals surface area contributed by atoms with Crippen LogP contribution in [-0.2, 0) is 14.2 Å². The van der Waals surface area contributed by atoms with Crippen LogP contribution >= 0.6 is 0 Å². The van der Waals surface area contributed by atoms with Crippen molar-refractivity contribution in [2.24, 2.45) is 5.41 Å². The zero-order chi connectivity index (χ0) is 34.7. The van der Waals surface area contributed by atoms with Crippen LogP contribution in [0.15, 0.2) is 97.1 Å². The summed E-state index contributed by atoms with van der Waals surface area (Å²) in [5, 5.41) is 17.9. The maximum Gasteiger partial charge on any atom is 0.119 e. The van der Waals surface area contributed by atoms with Crippen molar-refractivity contribution in [2.45, 2.75) is 51.4 Å². The third-order valence-corrected chi connectivity index (χ3v) is 8.94. The summed E-state index contributed by atoms with van der Waals surface area (Å²) in [6, 6.07) is 35.8. The van der Waals surface area contributed by atoms with Crippen molar-refractivity contribution in [1.29, 1.82) is 10.5 Å². The maximum absolute atomic E-state index is 8.97. The monoisotopic (exact) mass is 672 g/mol. The molecule has 1 saturated heterocycles. The molecule has 4 aromatic carbocycles. The molecule has 0 aromatic heterocycles. The molecule has 4 aromatic rings. The number of benzene rings is 4. The van der Waals surface area contributed by atoms with E-state index in [0.717, 1.165) is 98.5 Å². The summed E-state index contributed by atoms with van der Waals surface area (Å²) in [7, 11) is 0.